The molecule has 3 aromatic carbocycles. The average Bonchev–Trinajstić information content (AvgIpc) is 3.36. The number of rotatable bonds is 6. The molecule has 0 radical (unpaired) electrons. The molecule has 0 spiro atoms. The second-order valence-electron chi connectivity index (χ2n) is 9.68. The molecule has 3 heterocycles. The van der Waals surface area contributed by atoms with Crippen molar-refractivity contribution in [1.29, 1.82) is 0 Å². The number of para-hydroxylation sites is 1. The fourth-order valence-electron chi connectivity index (χ4n) is 5.18. The highest BCUT2D eigenvalue weighted by Crippen LogP contribution is 2.33. The highest BCUT2D eigenvalue weighted by atomic mass is 35.5. The fraction of sp³-hybridized carbons (Fsp3) is 0.241. The first kappa shape index (κ1) is 24.5. The van der Waals surface area contributed by atoms with E-state index in [1.807, 2.05) is 37.3 Å². The number of nitrogens with zero attached hydrogens (tertiary/aromatic N) is 2. The summed E-state index contributed by atoms with van der Waals surface area (Å²) in [6.45, 7) is 6.03. The maximum absolute atomic E-state index is 13.4. The summed E-state index contributed by atoms with van der Waals surface area (Å²) in [6.07, 6.45) is -0.820. The van der Waals surface area contributed by atoms with E-state index in [2.05, 4.69) is 37.6 Å². The van der Waals surface area contributed by atoms with Gasteiger partial charge in [0.15, 0.2) is 0 Å². The number of H-pyrrole nitrogens is 2. The van der Waals surface area contributed by atoms with Crippen molar-refractivity contribution >= 4 is 44.9 Å². The Balaban J connectivity index is 1.43. The summed E-state index contributed by atoms with van der Waals surface area (Å²) in [4.78, 5) is 27.1. The van der Waals surface area contributed by atoms with Crippen LogP contribution >= 0.6 is 11.6 Å². The molecule has 6 rings (SSSR count). The van der Waals surface area contributed by atoms with E-state index in [0.29, 0.717) is 33.2 Å². The van der Waals surface area contributed by atoms with Crippen LogP contribution in [0.4, 0.5) is 11.4 Å². The summed E-state index contributed by atoms with van der Waals surface area (Å²) >= 11 is 6.13. The second kappa shape index (κ2) is 10.1. The molecule has 0 saturated carbocycles. The number of piperazine rings is 1. The Morgan fingerprint density at radius 3 is 2.68 bits per heavy atom. The predicted molar refractivity (Wildman–Crippen MR) is 154 cm³/mol. The van der Waals surface area contributed by atoms with Gasteiger partial charge in [0.2, 0.25) is 0 Å². The molecule has 0 amide bonds. The van der Waals surface area contributed by atoms with E-state index in [0.717, 1.165) is 53.8 Å². The molecule has 8 nitrogen and oxygen atoms in total. The largest absolute Gasteiger partial charge is 0.387 e. The van der Waals surface area contributed by atoms with Crippen LogP contribution in [-0.4, -0.2) is 52.8 Å². The first-order valence-electron chi connectivity index (χ1n) is 12.8. The zero-order valence-electron chi connectivity index (χ0n) is 21.0. The molecule has 1 aliphatic heterocycles. The summed E-state index contributed by atoms with van der Waals surface area (Å²) in [5.41, 5.74) is 6.05. The van der Waals surface area contributed by atoms with Crippen LogP contribution in [0.2, 0.25) is 5.02 Å². The molecule has 1 fully saturated rings. The molecule has 38 heavy (non-hydrogen) atoms. The predicted octanol–water partition coefficient (Wildman–Crippen LogP) is 4.59. The van der Waals surface area contributed by atoms with Crippen LogP contribution in [0.25, 0.3) is 33.3 Å². The van der Waals surface area contributed by atoms with Crippen molar-refractivity contribution in [2.75, 3.05) is 42.9 Å². The lowest BCUT2D eigenvalue weighted by Crippen LogP contribution is -2.43. The van der Waals surface area contributed by atoms with Gasteiger partial charge in [0, 0.05) is 48.8 Å². The number of aliphatic hydroxyl groups excluding tert-OH is 1. The number of aromatic nitrogens is 3. The minimum absolute atomic E-state index is 0.188. The molecule has 1 atom stereocenters. The lowest BCUT2D eigenvalue weighted by atomic mass is 10.1. The third kappa shape index (κ3) is 4.62. The van der Waals surface area contributed by atoms with Crippen LogP contribution in [0, 0.1) is 6.92 Å². The molecule has 194 valence electrons. The quantitative estimate of drug-likeness (QED) is 0.220. The van der Waals surface area contributed by atoms with E-state index >= 15 is 0 Å². The van der Waals surface area contributed by atoms with Gasteiger partial charge in [-0.05, 0) is 48.4 Å². The zero-order valence-corrected chi connectivity index (χ0v) is 21.8. The number of aromatic amines is 2. The molecule has 5 aromatic rings. The normalized spacial score (nSPS) is 14.8. The summed E-state index contributed by atoms with van der Waals surface area (Å²) < 4.78 is 0. The molecule has 1 aliphatic rings. The van der Waals surface area contributed by atoms with Crippen LogP contribution in [0.5, 0.6) is 0 Å². The SMILES string of the molecule is Cc1cc(N2CCNCC2)cc2[nH]c(-c3c(NCC(O)c4cccc(Cl)c4)c4ccccc4[nH]c3=O)nc12. The van der Waals surface area contributed by atoms with Crippen molar-refractivity contribution in [1.82, 2.24) is 20.3 Å². The summed E-state index contributed by atoms with van der Waals surface area (Å²) in [5.74, 6) is 0.479. The Morgan fingerprint density at radius 2 is 1.87 bits per heavy atom. The van der Waals surface area contributed by atoms with Gasteiger partial charge in [-0.15, -0.1) is 0 Å². The Morgan fingerprint density at radius 1 is 1.05 bits per heavy atom. The van der Waals surface area contributed by atoms with Crippen molar-refractivity contribution in [2.24, 2.45) is 0 Å². The highest BCUT2D eigenvalue weighted by molar-refractivity contribution is 6.30. The topological polar surface area (TPSA) is 109 Å². The minimum atomic E-state index is -0.820. The molecule has 0 bridgehead atoms. The van der Waals surface area contributed by atoms with Crippen LogP contribution in [0.15, 0.2) is 65.5 Å². The van der Waals surface area contributed by atoms with Crippen LogP contribution in [0.3, 0.4) is 0 Å². The van der Waals surface area contributed by atoms with E-state index in [4.69, 9.17) is 16.6 Å². The highest BCUT2D eigenvalue weighted by Gasteiger charge is 2.21. The van der Waals surface area contributed by atoms with Gasteiger partial charge < -0.3 is 30.6 Å². The monoisotopic (exact) mass is 528 g/mol. The number of aryl methyl sites for hydroxylation is 1. The van der Waals surface area contributed by atoms with Gasteiger partial charge in [-0.3, -0.25) is 4.79 Å². The smallest absolute Gasteiger partial charge is 0.261 e. The number of aliphatic hydroxyl groups is 1. The molecule has 0 aliphatic carbocycles. The lowest BCUT2D eigenvalue weighted by Gasteiger charge is -2.29. The average molecular weight is 529 g/mol. The van der Waals surface area contributed by atoms with Gasteiger partial charge in [-0.1, -0.05) is 41.9 Å². The number of hydrogen-bond donors (Lipinski definition) is 5. The third-order valence-corrected chi connectivity index (χ3v) is 7.34. The Kier molecular flexibility index (Phi) is 6.53. The van der Waals surface area contributed by atoms with E-state index in [1.54, 1.807) is 18.2 Å². The van der Waals surface area contributed by atoms with Gasteiger partial charge in [0.05, 0.1) is 28.3 Å². The van der Waals surface area contributed by atoms with Crippen molar-refractivity contribution in [2.45, 2.75) is 13.0 Å². The number of pyridine rings is 1. The zero-order chi connectivity index (χ0) is 26.2. The van der Waals surface area contributed by atoms with Crippen molar-refractivity contribution in [3.8, 4) is 11.4 Å². The molecule has 1 saturated heterocycles. The first-order chi connectivity index (χ1) is 18.5. The molecule has 9 heteroatoms. The summed E-state index contributed by atoms with van der Waals surface area (Å²) in [6, 6.07) is 19.0. The third-order valence-electron chi connectivity index (χ3n) is 7.11. The maximum atomic E-state index is 13.4. The van der Waals surface area contributed by atoms with E-state index in [1.165, 1.54) is 0 Å². The number of imidazole rings is 1. The lowest BCUT2D eigenvalue weighted by molar-refractivity contribution is 0.191. The van der Waals surface area contributed by atoms with Crippen LogP contribution in [0.1, 0.15) is 17.2 Å². The minimum Gasteiger partial charge on any atom is -0.387 e. The van der Waals surface area contributed by atoms with Gasteiger partial charge in [-0.2, -0.15) is 0 Å². The number of halogens is 1. The molecular formula is C29H29ClN6O2. The number of anilines is 2. The molecular weight excluding hydrogens is 500 g/mol. The summed E-state index contributed by atoms with van der Waals surface area (Å²) in [7, 11) is 0. The molecule has 2 aromatic heterocycles. The summed E-state index contributed by atoms with van der Waals surface area (Å²) in [5, 5.41) is 19.0. The van der Waals surface area contributed by atoms with Gasteiger partial charge in [-0.25, -0.2) is 4.98 Å². The Labute approximate surface area is 224 Å². The number of nitrogens with one attached hydrogen (secondary N) is 4. The molecule has 1 unspecified atom stereocenters. The van der Waals surface area contributed by atoms with Crippen LogP contribution < -0.4 is 21.1 Å². The second-order valence-corrected chi connectivity index (χ2v) is 10.1. The van der Waals surface area contributed by atoms with Gasteiger partial charge in [0.25, 0.3) is 5.56 Å². The van der Waals surface area contributed by atoms with Gasteiger partial charge >= 0.3 is 0 Å². The standard InChI is InChI=1S/C29H29ClN6O2/c1-17-13-20(36-11-9-31-10-12-36)15-23-26(17)35-28(33-23)25-27(21-7-2-3-8-22(21)34-29(25)38)32-16-24(37)18-5-4-6-19(30)14-18/h2-8,13-15,24,31,37H,9-12,16H2,1H3,(H,33,35)(H2,32,34,38). The van der Waals surface area contributed by atoms with Crippen LogP contribution in [-0.2, 0) is 0 Å². The number of benzene rings is 3. The number of fused-ring (bicyclic) bond motifs is 2. The van der Waals surface area contributed by atoms with Gasteiger partial charge in [0.1, 0.15) is 11.4 Å². The molecule has 5 N–H and O–H groups in total. The van der Waals surface area contributed by atoms with E-state index in [-0.39, 0.29) is 12.1 Å². The maximum Gasteiger partial charge on any atom is 0.261 e. The Bertz CT molecular complexity index is 1690. The Hall–Kier alpha value is -3.85. The van der Waals surface area contributed by atoms with Crippen molar-refractivity contribution in [3.05, 3.63) is 87.2 Å². The van der Waals surface area contributed by atoms with Crippen molar-refractivity contribution in [3.63, 3.8) is 0 Å². The van der Waals surface area contributed by atoms with Crippen molar-refractivity contribution < 1.29 is 5.11 Å². The fourth-order valence-corrected chi connectivity index (χ4v) is 5.38. The van der Waals surface area contributed by atoms with E-state index in [9.17, 15) is 9.90 Å². The number of hydrogen-bond acceptors (Lipinski definition) is 6. The first-order valence-corrected chi connectivity index (χ1v) is 13.1. The van der Waals surface area contributed by atoms with E-state index < -0.39 is 6.10 Å².